The smallest absolute Gasteiger partial charge is 0.244 e. The molecule has 0 unspecified atom stereocenters. The Balaban J connectivity index is 1.40. The van der Waals surface area contributed by atoms with E-state index in [1.807, 2.05) is 4.90 Å². The van der Waals surface area contributed by atoms with Gasteiger partial charge in [0.15, 0.2) is 0 Å². The van der Waals surface area contributed by atoms with Crippen LogP contribution in [0.2, 0.25) is 0 Å². The molecule has 2 aromatic rings. The zero-order chi connectivity index (χ0) is 20.4. The summed E-state index contributed by atoms with van der Waals surface area (Å²) in [5.74, 6) is -0.396. The third-order valence-corrected chi connectivity index (χ3v) is 7.49. The standard InChI is InChI=1S/C21H24FN3O3S/c22-18-5-3-16(4-6-18)15-25(19-7-8-19)21(26)17-9-12-24(13-10-17)29(27,28)20-2-1-11-23-14-20/h1-6,11,14,17,19H,7-10,12-13,15H2. The van der Waals surface area contributed by atoms with Gasteiger partial charge in [-0.1, -0.05) is 12.1 Å². The lowest BCUT2D eigenvalue weighted by molar-refractivity contribution is -0.138. The van der Waals surface area contributed by atoms with E-state index in [1.54, 1.807) is 18.2 Å². The fraction of sp³-hybridized carbons (Fsp3) is 0.429. The molecule has 1 saturated carbocycles. The Morgan fingerprint density at radius 2 is 1.79 bits per heavy atom. The van der Waals surface area contributed by atoms with E-state index in [0.717, 1.165) is 18.4 Å². The molecule has 29 heavy (non-hydrogen) atoms. The minimum absolute atomic E-state index is 0.0789. The van der Waals surface area contributed by atoms with Crippen LogP contribution in [-0.4, -0.2) is 47.6 Å². The van der Waals surface area contributed by atoms with Crippen LogP contribution in [0.4, 0.5) is 4.39 Å². The minimum atomic E-state index is -3.58. The molecule has 2 aliphatic rings. The zero-order valence-electron chi connectivity index (χ0n) is 16.1. The Hall–Kier alpha value is -2.32. The van der Waals surface area contributed by atoms with Crippen molar-refractivity contribution in [2.75, 3.05) is 13.1 Å². The lowest BCUT2D eigenvalue weighted by Gasteiger charge is -2.34. The van der Waals surface area contributed by atoms with Gasteiger partial charge in [-0.3, -0.25) is 9.78 Å². The highest BCUT2D eigenvalue weighted by Gasteiger charge is 2.38. The number of carbonyl (C=O) groups is 1. The number of nitrogens with zero attached hydrogens (tertiary/aromatic N) is 3. The van der Waals surface area contributed by atoms with Crippen LogP contribution in [0, 0.1) is 11.7 Å². The van der Waals surface area contributed by atoms with Crippen LogP contribution < -0.4 is 0 Å². The summed E-state index contributed by atoms with van der Waals surface area (Å²) in [6.07, 6.45) is 5.87. The molecule has 0 bridgehead atoms. The molecular formula is C21H24FN3O3S. The molecule has 8 heteroatoms. The van der Waals surface area contributed by atoms with Gasteiger partial charge in [-0.2, -0.15) is 4.31 Å². The predicted octanol–water partition coefficient (Wildman–Crippen LogP) is 2.81. The van der Waals surface area contributed by atoms with Crippen molar-refractivity contribution in [2.24, 2.45) is 5.92 Å². The van der Waals surface area contributed by atoms with Gasteiger partial charge in [-0.05, 0) is 55.5 Å². The molecule has 1 saturated heterocycles. The fourth-order valence-corrected chi connectivity index (χ4v) is 5.22. The topological polar surface area (TPSA) is 70.6 Å². The van der Waals surface area contributed by atoms with E-state index in [0.29, 0.717) is 32.5 Å². The third kappa shape index (κ3) is 4.48. The second-order valence-electron chi connectivity index (χ2n) is 7.69. The number of rotatable bonds is 6. The number of benzene rings is 1. The van der Waals surface area contributed by atoms with Gasteiger partial charge in [-0.25, -0.2) is 12.8 Å². The van der Waals surface area contributed by atoms with Crippen molar-refractivity contribution in [3.05, 3.63) is 60.2 Å². The number of piperidine rings is 1. The maximum absolute atomic E-state index is 13.2. The molecule has 1 aromatic heterocycles. The van der Waals surface area contributed by atoms with Crippen molar-refractivity contribution in [3.8, 4) is 0 Å². The van der Waals surface area contributed by atoms with E-state index in [2.05, 4.69) is 4.98 Å². The van der Waals surface area contributed by atoms with Crippen molar-refractivity contribution in [1.29, 1.82) is 0 Å². The lowest BCUT2D eigenvalue weighted by Crippen LogP contribution is -2.44. The maximum Gasteiger partial charge on any atom is 0.244 e. The van der Waals surface area contributed by atoms with Gasteiger partial charge >= 0.3 is 0 Å². The normalized spacial score (nSPS) is 18.5. The molecule has 0 atom stereocenters. The van der Waals surface area contributed by atoms with Crippen LogP contribution in [0.25, 0.3) is 0 Å². The van der Waals surface area contributed by atoms with Gasteiger partial charge in [-0.15, -0.1) is 0 Å². The van der Waals surface area contributed by atoms with E-state index in [9.17, 15) is 17.6 Å². The number of hydrogen-bond acceptors (Lipinski definition) is 4. The van der Waals surface area contributed by atoms with Gasteiger partial charge < -0.3 is 4.90 Å². The van der Waals surface area contributed by atoms with Crippen LogP contribution in [0.3, 0.4) is 0 Å². The molecule has 4 rings (SSSR count). The number of sulfonamides is 1. The van der Waals surface area contributed by atoms with E-state index in [1.165, 1.54) is 34.9 Å². The largest absolute Gasteiger partial charge is 0.335 e. The number of hydrogen-bond donors (Lipinski definition) is 0. The highest BCUT2D eigenvalue weighted by atomic mass is 32.2. The summed E-state index contributed by atoms with van der Waals surface area (Å²) < 4.78 is 40.1. The van der Waals surface area contributed by atoms with Gasteiger partial charge in [0.25, 0.3) is 0 Å². The monoisotopic (exact) mass is 417 g/mol. The molecule has 154 valence electrons. The van der Waals surface area contributed by atoms with Crippen molar-refractivity contribution in [2.45, 2.75) is 43.2 Å². The Labute approximate surface area is 170 Å². The number of pyridine rings is 1. The number of halogens is 1. The first-order chi connectivity index (χ1) is 13.9. The third-order valence-electron chi connectivity index (χ3n) is 5.61. The molecule has 6 nitrogen and oxygen atoms in total. The number of carbonyl (C=O) groups excluding carboxylic acids is 1. The van der Waals surface area contributed by atoms with Crippen molar-refractivity contribution >= 4 is 15.9 Å². The first-order valence-corrected chi connectivity index (χ1v) is 11.3. The van der Waals surface area contributed by atoms with Crippen LogP contribution in [-0.2, 0) is 21.4 Å². The van der Waals surface area contributed by atoms with Gasteiger partial charge in [0.05, 0.1) is 0 Å². The lowest BCUT2D eigenvalue weighted by atomic mass is 9.96. The molecule has 1 aromatic carbocycles. The first kappa shape index (κ1) is 20.0. The summed E-state index contributed by atoms with van der Waals surface area (Å²) >= 11 is 0. The molecule has 2 heterocycles. The molecular weight excluding hydrogens is 393 g/mol. The summed E-state index contributed by atoms with van der Waals surface area (Å²) in [7, 11) is -3.58. The van der Waals surface area contributed by atoms with E-state index < -0.39 is 10.0 Å². The average molecular weight is 418 g/mol. The molecule has 1 aliphatic heterocycles. The Bertz CT molecular complexity index is 954. The molecule has 1 amide bonds. The molecule has 2 fully saturated rings. The van der Waals surface area contributed by atoms with Crippen molar-refractivity contribution in [3.63, 3.8) is 0 Å². The zero-order valence-corrected chi connectivity index (χ0v) is 16.9. The van der Waals surface area contributed by atoms with Crippen LogP contribution in [0.15, 0.2) is 53.7 Å². The van der Waals surface area contributed by atoms with E-state index in [-0.39, 0.29) is 28.6 Å². The summed E-state index contributed by atoms with van der Waals surface area (Å²) in [5, 5.41) is 0. The van der Waals surface area contributed by atoms with Gasteiger partial charge in [0.2, 0.25) is 15.9 Å². The van der Waals surface area contributed by atoms with E-state index >= 15 is 0 Å². The Kier molecular flexibility index (Phi) is 5.65. The summed E-state index contributed by atoms with van der Waals surface area (Å²) in [6.45, 7) is 1.11. The second-order valence-corrected chi connectivity index (χ2v) is 9.63. The number of amides is 1. The quantitative estimate of drug-likeness (QED) is 0.725. The Morgan fingerprint density at radius 3 is 2.38 bits per heavy atom. The minimum Gasteiger partial charge on any atom is -0.335 e. The first-order valence-electron chi connectivity index (χ1n) is 9.90. The molecule has 0 radical (unpaired) electrons. The van der Waals surface area contributed by atoms with Gasteiger partial charge in [0, 0.05) is 44.0 Å². The number of aromatic nitrogens is 1. The fourth-order valence-electron chi connectivity index (χ4n) is 3.79. The maximum atomic E-state index is 13.2. The molecule has 1 aliphatic carbocycles. The van der Waals surface area contributed by atoms with Crippen LogP contribution in [0.5, 0.6) is 0 Å². The highest BCUT2D eigenvalue weighted by molar-refractivity contribution is 7.89. The summed E-state index contributed by atoms with van der Waals surface area (Å²) in [4.78, 5) is 19.1. The predicted molar refractivity (Wildman–Crippen MR) is 106 cm³/mol. The highest BCUT2D eigenvalue weighted by Crippen LogP contribution is 2.32. The SMILES string of the molecule is O=C(C1CCN(S(=O)(=O)c2cccnc2)CC1)N(Cc1ccc(F)cc1)C1CC1. The van der Waals surface area contributed by atoms with Gasteiger partial charge in [0.1, 0.15) is 10.7 Å². The Morgan fingerprint density at radius 1 is 1.10 bits per heavy atom. The summed E-state index contributed by atoms with van der Waals surface area (Å²) in [6, 6.07) is 9.62. The van der Waals surface area contributed by atoms with Crippen molar-refractivity contribution in [1.82, 2.24) is 14.2 Å². The molecule has 0 spiro atoms. The molecule has 0 N–H and O–H groups in total. The van der Waals surface area contributed by atoms with Crippen LogP contribution >= 0.6 is 0 Å². The summed E-state index contributed by atoms with van der Waals surface area (Å²) in [5.41, 5.74) is 0.906. The van der Waals surface area contributed by atoms with Crippen LogP contribution in [0.1, 0.15) is 31.2 Å². The van der Waals surface area contributed by atoms with Crippen molar-refractivity contribution < 1.29 is 17.6 Å². The second kappa shape index (κ2) is 8.20. The average Bonchev–Trinajstić information content (AvgIpc) is 3.59. The van der Waals surface area contributed by atoms with E-state index in [4.69, 9.17) is 0 Å².